The predicted molar refractivity (Wildman–Crippen MR) is 76.8 cm³/mol. The molecule has 20 heavy (non-hydrogen) atoms. The molecule has 2 rings (SSSR count). The largest absolute Gasteiger partial charge is 0.329 e. The fraction of sp³-hybridized carbons (Fsp3) is 0.143. The number of halogens is 2. The quantitative estimate of drug-likeness (QED) is 0.944. The van der Waals surface area contributed by atoms with Gasteiger partial charge in [-0.25, -0.2) is 12.8 Å². The number of benzene rings is 2. The summed E-state index contributed by atoms with van der Waals surface area (Å²) >= 11 is 5.75. The van der Waals surface area contributed by atoms with Gasteiger partial charge in [0.15, 0.2) is 9.84 Å². The smallest absolute Gasteiger partial charge is 0.186 e. The van der Waals surface area contributed by atoms with Gasteiger partial charge in [0.25, 0.3) is 0 Å². The topological polar surface area (TPSA) is 60.2 Å². The van der Waals surface area contributed by atoms with E-state index in [2.05, 4.69) is 0 Å². The summed E-state index contributed by atoms with van der Waals surface area (Å²) in [6.45, 7) is -0.0867. The van der Waals surface area contributed by atoms with Gasteiger partial charge in [-0.1, -0.05) is 23.7 Å². The van der Waals surface area contributed by atoms with Crippen molar-refractivity contribution in [1.82, 2.24) is 0 Å². The molecule has 0 fully saturated rings. The van der Waals surface area contributed by atoms with Crippen LogP contribution in [0.1, 0.15) is 10.8 Å². The predicted octanol–water partition coefficient (Wildman–Crippen LogP) is 2.95. The zero-order valence-electron chi connectivity index (χ0n) is 10.5. The zero-order valence-corrected chi connectivity index (χ0v) is 12.0. The molecule has 2 aromatic carbocycles. The van der Waals surface area contributed by atoms with E-state index in [4.69, 9.17) is 17.3 Å². The molecule has 0 radical (unpaired) electrons. The SMILES string of the molecule is NCC(c1ccc(F)cc1)S(=O)(=O)c1ccc(Cl)cc1. The first-order valence-corrected chi connectivity index (χ1v) is 7.82. The molecule has 0 saturated carbocycles. The van der Waals surface area contributed by atoms with Crippen molar-refractivity contribution in [3.8, 4) is 0 Å². The van der Waals surface area contributed by atoms with E-state index in [0.717, 1.165) is 0 Å². The molecule has 1 unspecified atom stereocenters. The second-order valence-corrected chi connectivity index (χ2v) is 6.84. The first kappa shape index (κ1) is 15.0. The van der Waals surface area contributed by atoms with Crippen LogP contribution in [0, 0.1) is 5.82 Å². The van der Waals surface area contributed by atoms with Gasteiger partial charge in [-0.05, 0) is 42.0 Å². The molecule has 2 aromatic rings. The molecule has 0 aliphatic heterocycles. The highest BCUT2D eigenvalue weighted by Crippen LogP contribution is 2.28. The minimum atomic E-state index is -3.64. The Morgan fingerprint density at radius 2 is 1.60 bits per heavy atom. The van der Waals surface area contributed by atoms with Gasteiger partial charge in [0, 0.05) is 11.6 Å². The Morgan fingerprint density at radius 1 is 1.05 bits per heavy atom. The molecule has 1 atom stereocenters. The van der Waals surface area contributed by atoms with Crippen LogP contribution in [0.5, 0.6) is 0 Å². The van der Waals surface area contributed by atoms with Gasteiger partial charge in [0.1, 0.15) is 11.1 Å². The minimum Gasteiger partial charge on any atom is -0.329 e. The molecule has 0 bridgehead atoms. The Kier molecular flexibility index (Phi) is 4.42. The lowest BCUT2D eigenvalue weighted by atomic mass is 10.1. The van der Waals surface area contributed by atoms with Crippen molar-refractivity contribution in [2.45, 2.75) is 10.1 Å². The minimum absolute atomic E-state index is 0.0867. The van der Waals surface area contributed by atoms with E-state index in [1.807, 2.05) is 0 Å². The second-order valence-electron chi connectivity index (χ2n) is 4.27. The summed E-state index contributed by atoms with van der Waals surface area (Å²) < 4.78 is 38.0. The van der Waals surface area contributed by atoms with Gasteiger partial charge < -0.3 is 5.73 Å². The van der Waals surface area contributed by atoms with Crippen LogP contribution in [0.3, 0.4) is 0 Å². The van der Waals surface area contributed by atoms with Crippen molar-refractivity contribution in [3.05, 3.63) is 64.9 Å². The third-order valence-electron chi connectivity index (χ3n) is 2.97. The molecular weight excluding hydrogens is 301 g/mol. The third-order valence-corrected chi connectivity index (χ3v) is 5.37. The van der Waals surface area contributed by atoms with Gasteiger partial charge >= 0.3 is 0 Å². The number of sulfone groups is 1. The molecular formula is C14H13ClFNO2S. The summed E-state index contributed by atoms with van der Waals surface area (Å²) in [7, 11) is -3.64. The monoisotopic (exact) mass is 313 g/mol. The highest BCUT2D eigenvalue weighted by atomic mass is 35.5. The van der Waals surface area contributed by atoms with Crippen molar-refractivity contribution in [1.29, 1.82) is 0 Å². The van der Waals surface area contributed by atoms with Crippen molar-refractivity contribution < 1.29 is 12.8 Å². The molecule has 0 amide bonds. The lowest BCUT2D eigenvalue weighted by molar-refractivity contribution is 0.581. The molecule has 0 aliphatic rings. The lowest BCUT2D eigenvalue weighted by Crippen LogP contribution is -2.22. The van der Waals surface area contributed by atoms with E-state index in [-0.39, 0.29) is 11.4 Å². The maximum absolute atomic E-state index is 12.9. The average Bonchev–Trinajstić information content (AvgIpc) is 2.42. The van der Waals surface area contributed by atoms with E-state index < -0.39 is 20.9 Å². The van der Waals surface area contributed by atoms with E-state index >= 15 is 0 Å². The molecule has 0 aliphatic carbocycles. The third kappa shape index (κ3) is 3.00. The maximum atomic E-state index is 12.9. The summed E-state index contributed by atoms with van der Waals surface area (Å²) in [6, 6.07) is 11.2. The fourth-order valence-corrected chi connectivity index (χ4v) is 3.65. The Balaban J connectivity index is 2.44. The van der Waals surface area contributed by atoms with Crippen LogP contribution in [-0.2, 0) is 9.84 Å². The van der Waals surface area contributed by atoms with E-state index in [1.165, 1.54) is 48.5 Å². The van der Waals surface area contributed by atoms with E-state index in [9.17, 15) is 12.8 Å². The van der Waals surface area contributed by atoms with E-state index in [0.29, 0.717) is 10.6 Å². The zero-order chi connectivity index (χ0) is 14.8. The average molecular weight is 314 g/mol. The number of hydrogen-bond acceptors (Lipinski definition) is 3. The fourth-order valence-electron chi connectivity index (χ4n) is 1.91. The Bertz CT molecular complexity index is 684. The van der Waals surface area contributed by atoms with Crippen LogP contribution >= 0.6 is 11.6 Å². The molecule has 3 nitrogen and oxygen atoms in total. The number of rotatable bonds is 4. The van der Waals surface area contributed by atoms with Crippen LogP contribution in [-0.4, -0.2) is 15.0 Å². The van der Waals surface area contributed by atoms with Gasteiger partial charge in [-0.15, -0.1) is 0 Å². The van der Waals surface area contributed by atoms with Gasteiger partial charge in [-0.3, -0.25) is 0 Å². The molecule has 0 spiro atoms. The molecule has 0 aromatic heterocycles. The molecule has 0 saturated heterocycles. The second kappa shape index (κ2) is 5.91. The lowest BCUT2D eigenvalue weighted by Gasteiger charge is -2.16. The Hall–Kier alpha value is -1.43. The standard InChI is InChI=1S/C14H13ClFNO2S/c15-11-3-7-13(8-4-11)20(18,19)14(9-17)10-1-5-12(16)6-2-10/h1-8,14H,9,17H2. The van der Waals surface area contributed by atoms with Crippen molar-refractivity contribution in [2.24, 2.45) is 5.73 Å². The van der Waals surface area contributed by atoms with Crippen LogP contribution in [0.15, 0.2) is 53.4 Å². The van der Waals surface area contributed by atoms with E-state index in [1.54, 1.807) is 0 Å². The number of nitrogens with two attached hydrogens (primary N) is 1. The van der Waals surface area contributed by atoms with Crippen LogP contribution < -0.4 is 5.73 Å². The van der Waals surface area contributed by atoms with Crippen molar-refractivity contribution >= 4 is 21.4 Å². The van der Waals surface area contributed by atoms with Gasteiger partial charge in [-0.2, -0.15) is 0 Å². The van der Waals surface area contributed by atoms with Gasteiger partial charge in [0.05, 0.1) is 4.90 Å². The van der Waals surface area contributed by atoms with Crippen LogP contribution in [0.2, 0.25) is 5.02 Å². The summed E-state index contributed by atoms with van der Waals surface area (Å²) in [5.41, 5.74) is 6.06. The Labute approximate surface area is 122 Å². The highest BCUT2D eigenvalue weighted by molar-refractivity contribution is 7.91. The maximum Gasteiger partial charge on any atom is 0.186 e. The summed E-state index contributed by atoms with van der Waals surface area (Å²) in [6.07, 6.45) is 0. The van der Waals surface area contributed by atoms with Crippen molar-refractivity contribution in [3.63, 3.8) is 0 Å². The molecule has 2 N–H and O–H groups in total. The molecule has 106 valence electrons. The summed E-state index contributed by atoms with van der Waals surface area (Å²) in [5, 5.41) is -0.459. The first-order valence-electron chi connectivity index (χ1n) is 5.90. The normalized spacial score (nSPS) is 13.2. The highest BCUT2D eigenvalue weighted by Gasteiger charge is 2.27. The first-order chi connectivity index (χ1) is 9.45. The van der Waals surface area contributed by atoms with Crippen LogP contribution in [0.25, 0.3) is 0 Å². The molecule has 0 heterocycles. The van der Waals surface area contributed by atoms with Gasteiger partial charge in [0.2, 0.25) is 0 Å². The molecule has 6 heteroatoms. The summed E-state index contributed by atoms with van der Waals surface area (Å²) in [5.74, 6) is -0.423. The number of hydrogen-bond donors (Lipinski definition) is 1. The van der Waals surface area contributed by atoms with Crippen LogP contribution in [0.4, 0.5) is 4.39 Å². The van der Waals surface area contributed by atoms with Crippen molar-refractivity contribution in [2.75, 3.05) is 6.54 Å². The Morgan fingerprint density at radius 3 is 2.10 bits per heavy atom. The summed E-state index contributed by atoms with van der Waals surface area (Å²) in [4.78, 5) is 0.140.